The van der Waals surface area contributed by atoms with Gasteiger partial charge in [0.1, 0.15) is 44.7 Å². The first kappa shape index (κ1) is 59.7. The minimum atomic E-state index is -0.689. The van der Waals surface area contributed by atoms with E-state index in [9.17, 15) is 0 Å². The van der Waals surface area contributed by atoms with Gasteiger partial charge in [0.2, 0.25) is 0 Å². The maximum absolute atomic E-state index is 7.33. The Morgan fingerprint density at radius 2 is 0.701 bits per heavy atom. The zero-order valence-corrected chi connectivity index (χ0v) is 58.0. The van der Waals surface area contributed by atoms with Gasteiger partial charge >= 0.3 is 0 Å². The summed E-state index contributed by atoms with van der Waals surface area (Å²) in [7, 11) is 0. The molecule has 0 fully saturated rings. The highest BCUT2D eigenvalue weighted by Crippen LogP contribution is 2.68. The molecule has 19 aromatic rings. The third-order valence-corrected chi connectivity index (χ3v) is 23.8. The predicted octanol–water partition coefficient (Wildman–Crippen LogP) is 27.1. The van der Waals surface area contributed by atoms with Crippen molar-refractivity contribution in [2.45, 2.75) is 16.7 Å². The van der Waals surface area contributed by atoms with Crippen molar-refractivity contribution in [3.63, 3.8) is 0 Å². The summed E-state index contributed by atoms with van der Waals surface area (Å²) in [4.78, 5) is 2.48. The lowest BCUT2D eigenvalue weighted by Gasteiger charge is -2.31. The van der Waals surface area contributed by atoms with E-state index in [1.165, 1.54) is 94.6 Å². The Bertz CT molecular complexity index is 6780. The van der Waals surface area contributed by atoms with Gasteiger partial charge in [-0.25, -0.2) is 0 Å². The molecule has 23 rings (SSSR count). The average molecular weight is 1360 g/mol. The van der Waals surface area contributed by atoms with E-state index in [1.54, 1.807) is 0 Å². The molecule has 107 heavy (non-hydrogen) atoms. The van der Waals surface area contributed by atoms with E-state index in [0.717, 1.165) is 117 Å². The van der Waals surface area contributed by atoms with Crippen molar-refractivity contribution in [1.29, 1.82) is 0 Å². The number of hydrogen-bond donors (Lipinski definition) is 0. The maximum atomic E-state index is 7.33. The molecule has 4 nitrogen and oxygen atoms in total. The van der Waals surface area contributed by atoms with Crippen LogP contribution >= 0.6 is 0 Å². The SMILES string of the molecule is c1ccc(-c2ccc(N(c3ccc(-c4ccc(-c5ccc6c(c5)oc5c(C(c7ccccc7)c7ccc8c(c7)C7(c9ccccc9-c9ccccc97)c7oc9ccccc9c7-8)cccc56)cc4)cc3)c3cccc4c3-c3c(oc5ccccc35)C43c4ccccc4-c4ccccc43)cc2-c2ccccc2)cc1. The molecule has 16 aromatic carbocycles. The fourth-order valence-corrected chi connectivity index (χ4v) is 19.4. The Morgan fingerprint density at radius 3 is 1.33 bits per heavy atom. The van der Waals surface area contributed by atoms with Crippen molar-refractivity contribution in [3.8, 4) is 89.0 Å². The second kappa shape index (κ2) is 22.8. The number of anilines is 3. The van der Waals surface area contributed by atoms with Crippen molar-refractivity contribution < 1.29 is 13.3 Å². The van der Waals surface area contributed by atoms with Gasteiger partial charge in [-0.05, 0) is 171 Å². The zero-order valence-electron chi connectivity index (χ0n) is 58.0. The summed E-state index contributed by atoms with van der Waals surface area (Å²) in [5.74, 6) is 1.80. The number of hydrogen-bond acceptors (Lipinski definition) is 4. The van der Waals surface area contributed by atoms with E-state index in [0.29, 0.717) is 0 Å². The highest BCUT2D eigenvalue weighted by Gasteiger charge is 2.57. The molecule has 1 unspecified atom stereocenters. The van der Waals surface area contributed by atoms with Crippen LogP contribution in [-0.2, 0) is 10.8 Å². The van der Waals surface area contributed by atoms with Crippen LogP contribution in [0.15, 0.2) is 389 Å². The van der Waals surface area contributed by atoms with Gasteiger partial charge in [-0.1, -0.05) is 322 Å². The fraction of sp³-hybridized carbons (Fsp3) is 0.0291. The van der Waals surface area contributed by atoms with Gasteiger partial charge in [-0.3, -0.25) is 0 Å². The average Bonchev–Trinajstić information content (AvgIpc) is 1.50. The Morgan fingerprint density at radius 1 is 0.234 bits per heavy atom. The summed E-state index contributed by atoms with van der Waals surface area (Å²) < 4.78 is 21.8. The van der Waals surface area contributed by atoms with Crippen LogP contribution in [0.25, 0.3) is 133 Å². The van der Waals surface area contributed by atoms with E-state index in [2.05, 4.69) is 381 Å². The molecule has 4 aliphatic rings. The molecule has 2 spiro atoms. The standard InChI is InChI=1S/C103H63NO3/c1-4-24-66(25-5-1)73-59-56-72(62-84(73)67-26-6-2-7-27-67)104(91-43-23-42-89-98(91)97-82-35-15-21-45-93(82)107-101(97)102(89)85-38-16-10-30-74(85)75-31-11-17-39-86(75)102)71-54-50-64(51-55-71)63-46-48-65(49-47-63)69-52-57-78-79-36-22-37-83(99(79)105-94(78)61-69)95(68-28-8-3-9-29-68)70-53-58-80-90(60-70)103(100-96(80)81-34-14-20-44-92(81)106-100)87-40-18-12-32-76(87)77-33-13-19-41-88(77)103/h1-62,95H. The number of rotatable bonds is 10. The molecule has 0 bridgehead atoms. The predicted molar refractivity (Wildman–Crippen MR) is 436 cm³/mol. The van der Waals surface area contributed by atoms with E-state index < -0.39 is 10.8 Å². The Labute approximate surface area is 618 Å². The molecule has 0 amide bonds. The zero-order chi connectivity index (χ0) is 70.1. The summed E-state index contributed by atoms with van der Waals surface area (Å²) in [6.07, 6.45) is 0. The van der Waals surface area contributed by atoms with E-state index in [1.807, 2.05) is 0 Å². The van der Waals surface area contributed by atoms with Crippen molar-refractivity contribution >= 4 is 60.9 Å². The van der Waals surface area contributed by atoms with Gasteiger partial charge in [0.05, 0.1) is 5.69 Å². The Kier molecular flexibility index (Phi) is 12.7. The van der Waals surface area contributed by atoms with Crippen LogP contribution in [0.2, 0.25) is 0 Å². The quantitative estimate of drug-likeness (QED) is 0.128. The summed E-state index contributed by atoms with van der Waals surface area (Å²) in [6, 6.07) is 138. The van der Waals surface area contributed by atoms with Gasteiger partial charge in [0.15, 0.2) is 0 Å². The van der Waals surface area contributed by atoms with E-state index in [-0.39, 0.29) is 5.92 Å². The molecule has 0 saturated heterocycles. The van der Waals surface area contributed by atoms with Gasteiger partial charge in [0.25, 0.3) is 0 Å². The lowest BCUT2D eigenvalue weighted by atomic mass is 9.72. The maximum Gasteiger partial charge on any atom is 0.139 e. The minimum absolute atomic E-state index is 0.159. The molecule has 0 N–H and O–H groups in total. The molecule has 0 saturated carbocycles. The second-order valence-electron chi connectivity index (χ2n) is 29.1. The largest absolute Gasteiger partial charge is 0.459 e. The summed E-state index contributed by atoms with van der Waals surface area (Å²) in [6.45, 7) is 0. The number of nitrogens with zero attached hydrogens (tertiary/aromatic N) is 1. The Hall–Kier alpha value is -13.8. The molecule has 0 radical (unpaired) electrons. The number of benzene rings is 16. The van der Waals surface area contributed by atoms with Crippen LogP contribution in [0, 0.1) is 0 Å². The molecule has 3 aromatic heterocycles. The molecule has 4 aliphatic carbocycles. The monoisotopic (exact) mass is 1360 g/mol. The highest BCUT2D eigenvalue weighted by atomic mass is 16.3. The first-order valence-electron chi connectivity index (χ1n) is 37.1. The Balaban J connectivity index is 0.627. The number of para-hydroxylation sites is 3. The highest BCUT2D eigenvalue weighted by molar-refractivity contribution is 6.11. The summed E-state index contributed by atoms with van der Waals surface area (Å²) >= 11 is 0. The van der Waals surface area contributed by atoms with E-state index >= 15 is 0 Å². The van der Waals surface area contributed by atoms with Gasteiger partial charge in [-0.15, -0.1) is 0 Å². The van der Waals surface area contributed by atoms with Crippen molar-refractivity contribution in [1.82, 2.24) is 0 Å². The van der Waals surface area contributed by atoms with Crippen molar-refractivity contribution in [2.24, 2.45) is 0 Å². The first-order valence-corrected chi connectivity index (χ1v) is 37.1. The lowest BCUT2D eigenvalue weighted by Crippen LogP contribution is -2.25. The third-order valence-electron chi connectivity index (χ3n) is 23.8. The summed E-state index contributed by atoms with van der Waals surface area (Å²) in [5.41, 5.74) is 35.0. The van der Waals surface area contributed by atoms with Crippen LogP contribution in [-0.4, -0.2) is 0 Å². The fourth-order valence-electron chi connectivity index (χ4n) is 19.4. The van der Waals surface area contributed by atoms with Gasteiger partial charge in [-0.2, -0.15) is 0 Å². The smallest absolute Gasteiger partial charge is 0.139 e. The molecule has 1 atom stereocenters. The summed E-state index contributed by atoms with van der Waals surface area (Å²) in [5, 5.41) is 4.42. The minimum Gasteiger partial charge on any atom is -0.459 e. The lowest BCUT2D eigenvalue weighted by molar-refractivity contribution is 0.506. The molecule has 498 valence electrons. The number of furan rings is 3. The van der Waals surface area contributed by atoms with Crippen molar-refractivity contribution in [3.05, 3.63) is 438 Å². The topological polar surface area (TPSA) is 42.7 Å². The van der Waals surface area contributed by atoms with E-state index in [4.69, 9.17) is 13.3 Å². The van der Waals surface area contributed by atoms with Gasteiger partial charge < -0.3 is 18.2 Å². The third kappa shape index (κ3) is 8.38. The van der Waals surface area contributed by atoms with Crippen LogP contribution < -0.4 is 4.90 Å². The number of fused-ring (bicyclic) bond motifs is 27. The normalized spacial score (nSPS) is 13.7. The second-order valence-corrected chi connectivity index (χ2v) is 29.1. The molecular weight excluding hydrogens is 1300 g/mol. The molecule has 4 heteroatoms. The van der Waals surface area contributed by atoms with Gasteiger partial charge in [0, 0.05) is 61.1 Å². The van der Waals surface area contributed by atoms with Crippen LogP contribution in [0.4, 0.5) is 17.1 Å². The first-order chi connectivity index (χ1) is 53.1. The van der Waals surface area contributed by atoms with Crippen LogP contribution in [0.5, 0.6) is 0 Å². The molecular formula is C103H63NO3. The molecule has 0 aliphatic heterocycles. The molecule has 3 heterocycles. The van der Waals surface area contributed by atoms with Crippen molar-refractivity contribution in [2.75, 3.05) is 4.90 Å². The van der Waals surface area contributed by atoms with Crippen LogP contribution in [0.1, 0.15) is 67.5 Å². The van der Waals surface area contributed by atoms with Crippen LogP contribution in [0.3, 0.4) is 0 Å².